The third-order valence-corrected chi connectivity index (χ3v) is 3.68. The summed E-state index contributed by atoms with van der Waals surface area (Å²) in [4.78, 5) is 16.5. The molecule has 1 aliphatic heterocycles. The molecular formula is C16H25N3O. The number of hydrogen-bond donors (Lipinski definition) is 1. The van der Waals surface area contributed by atoms with Crippen molar-refractivity contribution in [3.05, 3.63) is 35.9 Å². The van der Waals surface area contributed by atoms with Crippen molar-refractivity contribution in [2.75, 3.05) is 26.2 Å². The maximum Gasteiger partial charge on any atom is 0.242 e. The predicted molar refractivity (Wildman–Crippen MR) is 81.2 cm³/mol. The number of hydrogen-bond acceptors (Lipinski definition) is 3. The van der Waals surface area contributed by atoms with Crippen molar-refractivity contribution in [1.82, 2.24) is 9.80 Å². The van der Waals surface area contributed by atoms with E-state index in [4.69, 9.17) is 5.73 Å². The fraction of sp³-hybridized carbons (Fsp3) is 0.562. The second kappa shape index (κ2) is 6.37. The predicted octanol–water partition coefficient (Wildman–Crippen LogP) is 1.46. The Labute approximate surface area is 121 Å². The first kappa shape index (κ1) is 15.0. The second-order valence-electron chi connectivity index (χ2n) is 6.13. The van der Waals surface area contributed by atoms with Gasteiger partial charge in [0.25, 0.3) is 0 Å². The van der Waals surface area contributed by atoms with Crippen LogP contribution in [0.25, 0.3) is 0 Å². The van der Waals surface area contributed by atoms with Gasteiger partial charge in [0.05, 0.1) is 5.54 Å². The quantitative estimate of drug-likeness (QED) is 0.908. The van der Waals surface area contributed by atoms with Gasteiger partial charge in [-0.15, -0.1) is 0 Å². The Balaban J connectivity index is 1.91. The first-order valence-electron chi connectivity index (χ1n) is 7.31. The zero-order valence-corrected chi connectivity index (χ0v) is 12.5. The van der Waals surface area contributed by atoms with Gasteiger partial charge >= 0.3 is 0 Å². The first-order chi connectivity index (χ1) is 9.47. The molecule has 0 saturated carbocycles. The van der Waals surface area contributed by atoms with Gasteiger partial charge in [-0.1, -0.05) is 30.3 Å². The van der Waals surface area contributed by atoms with Crippen molar-refractivity contribution in [3.63, 3.8) is 0 Å². The van der Waals surface area contributed by atoms with Gasteiger partial charge in [-0.2, -0.15) is 0 Å². The molecule has 20 heavy (non-hydrogen) atoms. The zero-order valence-electron chi connectivity index (χ0n) is 12.5. The van der Waals surface area contributed by atoms with Crippen LogP contribution in [0, 0.1) is 0 Å². The molecule has 0 radical (unpaired) electrons. The highest BCUT2D eigenvalue weighted by molar-refractivity contribution is 5.85. The SMILES string of the molecule is CC(C)(N)C(=O)N1CCCN(Cc2ccccc2)CC1. The van der Waals surface area contributed by atoms with Crippen molar-refractivity contribution >= 4 is 5.91 Å². The highest BCUT2D eigenvalue weighted by Gasteiger charge is 2.28. The summed E-state index contributed by atoms with van der Waals surface area (Å²) in [6.07, 6.45) is 1.01. The fourth-order valence-electron chi connectivity index (χ4n) is 2.58. The maximum atomic E-state index is 12.2. The molecular weight excluding hydrogens is 250 g/mol. The summed E-state index contributed by atoms with van der Waals surface area (Å²) in [5, 5.41) is 0. The van der Waals surface area contributed by atoms with Crippen LogP contribution in [0.3, 0.4) is 0 Å². The molecule has 1 saturated heterocycles. The zero-order chi connectivity index (χ0) is 14.6. The molecule has 0 bridgehead atoms. The van der Waals surface area contributed by atoms with Crippen LogP contribution in [0.2, 0.25) is 0 Å². The van der Waals surface area contributed by atoms with Gasteiger partial charge in [-0.05, 0) is 25.8 Å². The average molecular weight is 275 g/mol. The molecule has 1 aliphatic rings. The Bertz CT molecular complexity index is 439. The van der Waals surface area contributed by atoms with E-state index < -0.39 is 5.54 Å². The molecule has 0 atom stereocenters. The lowest BCUT2D eigenvalue weighted by Gasteiger charge is -2.28. The molecule has 110 valence electrons. The Morgan fingerprint density at radius 1 is 1.15 bits per heavy atom. The summed E-state index contributed by atoms with van der Waals surface area (Å²) >= 11 is 0. The van der Waals surface area contributed by atoms with Gasteiger partial charge in [-0.3, -0.25) is 9.69 Å². The van der Waals surface area contributed by atoms with E-state index in [1.807, 2.05) is 11.0 Å². The molecule has 1 aromatic rings. The topological polar surface area (TPSA) is 49.6 Å². The Hall–Kier alpha value is -1.39. The number of nitrogens with two attached hydrogens (primary N) is 1. The van der Waals surface area contributed by atoms with Crippen LogP contribution in [0.5, 0.6) is 0 Å². The van der Waals surface area contributed by atoms with Crippen LogP contribution >= 0.6 is 0 Å². The molecule has 1 fully saturated rings. The van der Waals surface area contributed by atoms with Gasteiger partial charge in [0.2, 0.25) is 5.91 Å². The van der Waals surface area contributed by atoms with E-state index in [0.717, 1.165) is 39.1 Å². The van der Waals surface area contributed by atoms with E-state index in [0.29, 0.717) is 0 Å². The molecule has 2 N–H and O–H groups in total. The van der Waals surface area contributed by atoms with Crippen molar-refractivity contribution in [2.24, 2.45) is 5.73 Å². The molecule has 4 nitrogen and oxygen atoms in total. The van der Waals surface area contributed by atoms with Crippen LogP contribution in [-0.4, -0.2) is 47.4 Å². The molecule has 2 rings (SSSR count). The largest absolute Gasteiger partial charge is 0.340 e. The van der Waals surface area contributed by atoms with Crippen molar-refractivity contribution in [2.45, 2.75) is 32.4 Å². The lowest BCUT2D eigenvalue weighted by Crippen LogP contribution is -2.52. The van der Waals surface area contributed by atoms with E-state index in [9.17, 15) is 4.79 Å². The molecule has 4 heteroatoms. The summed E-state index contributed by atoms with van der Waals surface area (Å²) in [5.41, 5.74) is 6.47. The highest BCUT2D eigenvalue weighted by atomic mass is 16.2. The lowest BCUT2D eigenvalue weighted by atomic mass is 10.1. The summed E-state index contributed by atoms with van der Waals surface area (Å²) in [6, 6.07) is 10.5. The minimum atomic E-state index is -0.769. The molecule has 1 aromatic carbocycles. The lowest BCUT2D eigenvalue weighted by molar-refractivity contribution is -0.135. The van der Waals surface area contributed by atoms with Crippen molar-refractivity contribution in [3.8, 4) is 0 Å². The number of carbonyl (C=O) groups excluding carboxylic acids is 1. The van der Waals surface area contributed by atoms with Crippen LogP contribution in [0.1, 0.15) is 25.8 Å². The van der Waals surface area contributed by atoms with Crippen LogP contribution in [0.15, 0.2) is 30.3 Å². The van der Waals surface area contributed by atoms with Crippen molar-refractivity contribution < 1.29 is 4.79 Å². The molecule has 0 unspecified atom stereocenters. The van der Waals surface area contributed by atoms with E-state index in [2.05, 4.69) is 29.2 Å². The van der Waals surface area contributed by atoms with E-state index in [1.54, 1.807) is 13.8 Å². The Kier molecular flexibility index (Phi) is 4.78. The van der Waals surface area contributed by atoms with E-state index >= 15 is 0 Å². The van der Waals surface area contributed by atoms with Gasteiger partial charge in [0.15, 0.2) is 0 Å². The van der Waals surface area contributed by atoms with E-state index in [1.165, 1.54) is 5.56 Å². The van der Waals surface area contributed by atoms with Crippen LogP contribution in [0.4, 0.5) is 0 Å². The Morgan fingerprint density at radius 2 is 1.85 bits per heavy atom. The molecule has 0 spiro atoms. The highest BCUT2D eigenvalue weighted by Crippen LogP contribution is 2.11. The monoisotopic (exact) mass is 275 g/mol. The first-order valence-corrected chi connectivity index (χ1v) is 7.31. The van der Waals surface area contributed by atoms with Crippen LogP contribution in [-0.2, 0) is 11.3 Å². The number of benzene rings is 1. The Morgan fingerprint density at radius 3 is 2.50 bits per heavy atom. The maximum absolute atomic E-state index is 12.2. The summed E-state index contributed by atoms with van der Waals surface area (Å²) < 4.78 is 0. The molecule has 1 amide bonds. The molecule has 0 aromatic heterocycles. The number of nitrogens with zero attached hydrogens (tertiary/aromatic N) is 2. The third kappa shape index (κ3) is 4.05. The van der Waals surface area contributed by atoms with Gasteiger partial charge < -0.3 is 10.6 Å². The molecule has 1 heterocycles. The number of rotatable bonds is 3. The average Bonchev–Trinajstić information content (AvgIpc) is 2.63. The van der Waals surface area contributed by atoms with Gasteiger partial charge in [-0.25, -0.2) is 0 Å². The summed E-state index contributed by atoms with van der Waals surface area (Å²) in [5.74, 6) is 0.0547. The summed E-state index contributed by atoms with van der Waals surface area (Å²) in [7, 11) is 0. The second-order valence-corrected chi connectivity index (χ2v) is 6.13. The smallest absolute Gasteiger partial charge is 0.242 e. The van der Waals surface area contributed by atoms with Gasteiger partial charge in [0.1, 0.15) is 0 Å². The van der Waals surface area contributed by atoms with Crippen LogP contribution < -0.4 is 5.73 Å². The minimum Gasteiger partial charge on any atom is -0.340 e. The standard InChI is InChI=1S/C16H25N3O/c1-16(2,17)15(20)19-10-6-9-18(11-12-19)13-14-7-4-3-5-8-14/h3-5,7-8H,6,9-13,17H2,1-2H3. The molecule has 0 aliphatic carbocycles. The third-order valence-electron chi connectivity index (χ3n) is 3.68. The fourth-order valence-corrected chi connectivity index (χ4v) is 2.58. The number of carbonyl (C=O) groups is 1. The van der Waals surface area contributed by atoms with E-state index in [-0.39, 0.29) is 5.91 Å². The van der Waals surface area contributed by atoms with Gasteiger partial charge in [0, 0.05) is 32.7 Å². The summed E-state index contributed by atoms with van der Waals surface area (Å²) in [6.45, 7) is 8.04. The minimum absolute atomic E-state index is 0.0547. The number of amides is 1. The van der Waals surface area contributed by atoms with Crippen molar-refractivity contribution in [1.29, 1.82) is 0 Å². The normalized spacial score (nSPS) is 17.9.